The zero-order valence-electron chi connectivity index (χ0n) is 14.9. The van der Waals surface area contributed by atoms with Crippen molar-refractivity contribution in [3.63, 3.8) is 0 Å². The molecule has 0 bridgehead atoms. The van der Waals surface area contributed by atoms with Crippen LogP contribution in [0, 0.1) is 5.41 Å². The average Bonchev–Trinajstić information content (AvgIpc) is 2.99. The summed E-state index contributed by atoms with van der Waals surface area (Å²) >= 11 is 1.17. The number of Topliss-reactive ketones (excluding diaryl/α,β-unsaturated/α-hetero) is 1. The number of nitrogens with zero attached hydrogens (tertiary/aromatic N) is 4. The largest absolute Gasteiger partial charge is 0.300 e. The molecular formula is C18H17N5O3S. The van der Waals surface area contributed by atoms with E-state index in [2.05, 4.69) is 20.6 Å². The molecule has 0 saturated carbocycles. The molecule has 0 saturated heterocycles. The molecule has 0 spiro atoms. The molecule has 8 nitrogen and oxygen atoms in total. The van der Waals surface area contributed by atoms with Crippen LogP contribution in [0.3, 0.4) is 0 Å². The van der Waals surface area contributed by atoms with E-state index >= 15 is 0 Å². The molecule has 0 unspecified atom stereocenters. The van der Waals surface area contributed by atoms with Crippen molar-refractivity contribution in [1.82, 2.24) is 20.0 Å². The van der Waals surface area contributed by atoms with Crippen molar-refractivity contribution >= 4 is 39.1 Å². The summed E-state index contributed by atoms with van der Waals surface area (Å²) in [5.74, 6) is -0.393. The van der Waals surface area contributed by atoms with Crippen molar-refractivity contribution in [2.45, 2.75) is 33.2 Å². The van der Waals surface area contributed by atoms with Crippen LogP contribution < -0.4 is 10.9 Å². The highest BCUT2D eigenvalue weighted by atomic mass is 32.1. The van der Waals surface area contributed by atoms with Crippen LogP contribution in [0.2, 0.25) is 0 Å². The number of carbonyl (C=O) groups excluding carboxylic acids is 2. The van der Waals surface area contributed by atoms with Crippen LogP contribution in [0.1, 0.15) is 35.6 Å². The fourth-order valence-electron chi connectivity index (χ4n) is 3.20. The van der Waals surface area contributed by atoms with Gasteiger partial charge < -0.3 is 5.32 Å². The van der Waals surface area contributed by atoms with Crippen molar-refractivity contribution < 1.29 is 9.59 Å². The summed E-state index contributed by atoms with van der Waals surface area (Å²) in [6.45, 7) is 3.77. The summed E-state index contributed by atoms with van der Waals surface area (Å²) in [7, 11) is 0. The maximum absolute atomic E-state index is 12.4. The van der Waals surface area contributed by atoms with E-state index in [0.29, 0.717) is 33.8 Å². The highest BCUT2D eigenvalue weighted by Gasteiger charge is 2.34. The van der Waals surface area contributed by atoms with E-state index in [-0.39, 0.29) is 23.3 Å². The van der Waals surface area contributed by atoms with Gasteiger partial charge in [0.25, 0.3) is 5.56 Å². The molecule has 2 aromatic heterocycles. The van der Waals surface area contributed by atoms with Gasteiger partial charge in [-0.1, -0.05) is 42.5 Å². The third-order valence-corrected chi connectivity index (χ3v) is 5.46. The Bertz CT molecular complexity index is 1130. The van der Waals surface area contributed by atoms with Crippen molar-refractivity contribution in [2.75, 3.05) is 5.32 Å². The summed E-state index contributed by atoms with van der Waals surface area (Å²) in [5, 5.41) is 11.2. The van der Waals surface area contributed by atoms with Crippen molar-refractivity contribution in [3.05, 3.63) is 45.2 Å². The second-order valence-corrected chi connectivity index (χ2v) is 8.35. The van der Waals surface area contributed by atoms with E-state index < -0.39 is 5.91 Å². The summed E-state index contributed by atoms with van der Waals surface area (Å²) in [4.78, 5) is 42.0. The number of rotatable bonds is 3. The lowest BCUT2D eigenvalue weighted by atomic mass is 9.78. The van der Waals surface area contributed by atoms with Crippen molar-refractivity contribution in [2.24, 2.45) is 5.41 Å². The number of amides is 1. The van der Waals surface area contributed by atoms with Gasteiger partial charge in [0, 0.05) is 6.42 Å². The second kappa shape index (κ2) is 6.34. The fraction of sp³-hybridized carbons (Fsp3) is 0.333. The highest BCUT2D eigenvalue weighted by molar-refractivity contribution is 7.17. The van der Waals surface area contributed by atoms with E-state index in [1.165, 1.54) is 11.3 Å². The SMILES string of the molecule is CC1(C)CC(=O)c2sc(NC(=O)Cn3nnc4ccccc4c3=O)nc2C1. The van der Waals surface area contributed by atoms with Crippen LogP contribution in [-0.2, 0) is 17.8 Å². The van der Waals surface area contributed by atoms with E-state index in [9.17, 15) is 14.4 Å². The first-order valence-electron chi connectivity index (χ1n) is 8.48. The van der Waals surface area contributed by atoms with Crippen LogP contribution in [0.5, 0.6) is 0 Å². The van der Waals surface area contributed by atoms with Crippen molar-refractivity contribution in [3.8, 4) is 0 Å². The summed E-state index contributed by atoms with van der Waals surface area (Å²) in [6.07, 6.45) is 1.16. The van der Waals surface area contributed by atoms with Crippen LogP contribution in [-0.4, -0.2) is 31.7 Å². The minimum atomic E-state index is -0.445. The Morgan fingerprint density at radius 1 is 1.26 bits per heavy atom. The lowest BCUT2D eigenvalue weighted by molar-refractivity contribution is -0.117. The molecule has 1 aliphatic rings. The fourth-order valence-corrected chi connectivity index (χ4v) is 4.13. The smallest absolute Gasteiger partial charge is 0.278 e. The lowest BCUT2D eigenvalue weighted by Gasteiger charge is -2.26. The van der Waals surface area contributed by atoms with Gasteiger partial charge in [0.05, 0.1) is 16.0 Å². The van der Waals surface area contributed by atoms with E-state index in [4.69, 9.17) is 0 Å². The Kier molecular flexibility index (Phi) is 4.11. The molecule has 9 heteroatoms. The number of aromatic nitrogens is 4. The van der Waals surface area contributed by atoms with Gasteiger partial charge in [-0.25, -0.2) is 9.67 Å². The van der Waals surface area contributed by atoms with Crippen molar-refractivity contribution in [1.29, 1.82) is 0 Å². The number of fused-ring (bicyclic) bond motifs is 2. The monoisotopic (exact) mass is 383 g/mol. The topological polar surface area (TPSA) is 107 Å². The first-order valence-corrected chi connectivity index (χ1v) is 9.29. The van der Waals surface area contributed by atoms with Crippen LogP contribution in [0.25, 0.3) is 10.9 Å². The van der Waals surface area contributed by atoms with Gasteiger partial charge in [0.1, 0.15) is 12.1 Å². The summed E-state index contributed by atoms with van der Waals surface area (Å²) in [6, 6.07) is 6.82. The maximum Gasteiger partial charge on any atom is 0.278 e. The molecule has 1 aliphatic carbocycles. The van der Waals surface area contributed by atoms with Gasteiger partial charge >= 0.3 is 0 Å². The quantitative estimate of drug-likeness (QED) is 0.742. The Morgan fingerprint density at radius 3 is 2.85 bits per heavy atom. The molecule has 27 heavy (non-hydrogen) atoms. The highest BCUT2D eigenvalue weighted by Crippen LogP contribution is 2.38. The van der Waals surface area contributed by atoms with Crippen LogP contribution in [0.4, 0.5) is 5.13 Å². The first kappa shape index (κ1) is 17.5. The number of hydrogen-bond acceptors (Lipinski definition) is 7. The van der Waals surface area contributed by atoms with Gasteiger partial charge in [-0.15, -0.1) is 5.10 Å². The molecular weight excluding hydrogens is 366 g/mol. The Hall–Kier alpha value is -2.94. The molecule has 0 aliphatic heterocycles. The van der Waals surface area contributed by atoms with Gasteiger partial charge in [-0.2, -0.15) is 0 Å². The third-order valence-electron chi connectivity index (χ3n) is 4.40. The molecule has 1 amide bonds. The number of nitrogens with one attached hydrogen (secondary N) is 1. The Balaban J connectivity index is 1.54. The average molecular weight is 383 g/mol. The Labute approximate surface area is 158 Å². The zero-order chi connectivity index (χ0) is 19.2. The van der Waals surface area contributed by atoms with Gasteiger partial charge in [-0.3, -0.25) is 14.4 Å². The molecule has 0 fully saturated rings. The van der Waals surface area contributed by atoms with E-state index in [1.54, 1.807) is 24.3 Å². The zero-order valence-corrected chi connectivity index (χ0v) is 15.7. The molecule has 0 radical (unpaired) electrons. The number of hydrogen-bond donors (Lipinski definition) is 1. The molecule has 1 aromatic carbocycles. The normalized spacial score (nSPS) is 15.6. The van der Waals surface area contributed by atoms with Crippen LogP contribution >= 0.6 is 11.3 Å². The van der Waals surface area contributed by atoms with E-state index in [0.717, 1.165) is 10.4 Å². The summed E-state index contributed by atoms with van der Waals surface area (Å²) < 4.78 is 1.01. The number of ketones is 1. The summed E-state index contributed by atoms with van der Waals surface area (Å²) in [5.41, 5.74) is 0.686. The predicted molar refractivity (Wildman–Crippen MR) is 101 cm³/mol. The number of benzene rings is 1. The molecule has 2 heterocycles. The molecule has 0 atom stereocenters. The first-order chi connectivity index (χ1) is 12.8. The van der Waals surface area contributed by atoms with Crippen LogP contribution in [0.15, 0.2) is 29.1 Å². The lowest BCUT2D eigenvalue weighted by Crippen LogP contribution is -2.30. The molecule has 138 valence electrons. The maximum atomic E-state index is 12.4. The standard InChI is InChI=1S/C18H17N5O3S/c1-18(2)7-12-15(13(24)8-18)27-17(19-12)20-14(25)9-23-16(26)10-5-3-4-6-11(10)21-22-23/h3-6H,7-9H2,1-2H3,(H,19,20,25). The second-order valence-electron chi connectivity index (χ2n) is 7.35. The van der Waals surface area contributed by atoms with Gasteiger partial charge in [-0.05, 0) is 24.0 Å². The van der Waals surface area contributed by atoms with Gasteiger partial charge in [0.2, 0.25) is 5.91 Å². The minimum Gasteiger partial charge on any atom is -0.300 e. The third kappa shape index (κ3) is 3.37. The minimum absolute atomic E-state index is 0.0517. The predicted octanol–water partition coefficient (Wildman–Crippen LogP) is 2.04. The Morgan fingerprint density at radius 2 is 2.04 bits per heavy atom. The molecule has 3 aromatic rings. The number of carbonyl (C=O) groups is 2. The number of thiazole rings is 1. The molecule has 4 rings (SSSR count). The molecule has 1 N–H and O–H groups in total. The van der Waals surface area contributed by atoms with E-state index in [1.807, 2.05) is 13.8 Å². The number of anilines is 1. The van der Waals surface area contributed by atoms with Gasteiger partial charge in [0.15, 0.2) is 10.9 Å².